The molecule has 0 saturated heterocycles. The molecule has 0 aromatic heterocycles. The fraction of sp³-hybridized carbons (Fsp3) is 0.417. The van der Waals surface area contributed by atoms with Gasteiger partial charge in [0.25, 0.3) is 0 Å². The Balaban J connectivity index is 2.79. The lowest BCUT2D eigenvalue weighted by atomic mass is 10.0. The Morgan fingerprint density at radius 1 is 1.56 bits per heavy atom. The molecular weight excluding hydrogens is 207 g/mol. The minimum Gasteiger partial charge on any atom is -0.383 e. The highest BCUT2D eigenvalue weighted by atomic mass is 19.1. The molecule has 0 aliphatic heterocycles. The van der Waals surface area contributed by atoms with Crippen LogP contribution in [0.15, 0.2) is 18.2 Å². The van der Waals surface area contributed by atoms with Gasteiger partial charge in [-0.25, -0.2) is 4.39 Å². The summed E-state index contributed by atoms with van der Waals surface area (Å²) in [5, 5.41) is 11.9. The van der Waals surface area contributed by atoms with Crippen LogP contribution in [0.2, 0.25) is 0 Å². The molecule has 0 fully saturated rings. The largest absolute Gasteiger partial charge is 0.383 e. The number of aryl methyl sites for hydroxylation is 1. The van der Waals surface area contributed by atoms with Crippen LogP contribution in [-0.2, 0) is 4.74 Å². The van der Waals surface area contributed by atoms with Crippen molar-refractivity contribution in [1.29, 1.82) is 5.26 Å². The third-order valence-electron chi connectivity index (χ3n) is 2.25. The molecule has 4 heteroatoms. The lowest BCUT2D eigenvalue weighted by Gasteiger charge is -2.12. The van der Waals surface area contributed by atoms with Crippen LogP contribution in [0.5, 0.6) is 0 Å². The maximum absolute atomic E-state index is 13.5. The second kappa shape index (κ2) is 6.21. The number of nitriles is 1. The predicted octanol–water partition coefficient (Wildman–Crippen LogP) is 1.93. The SMILES string of the molecule is COCCNC(C#N)c1cc(C)ccc1F. The zero-order chi connectivity index (χ0) is 12.0. The normalized spacial score (nSPS) is 12.1. The fourth-order valence-electron chi connectivity index (χ4n) is 1.41. The quantitative estimate of drug-likeness (QED) is 0.774. The van der Waals surface area contributed by atoms with Gasteiger partial charge < -0.3 is 4.74 Å². The van der Waals surface area contributed by atoms with Gasteiger partial charge in [-0.3, -0.25) is 5.32 Å². The molecule has 86 valence electrons. The monoisotopic (exact) mass is 222 g/mol. The summed E-state index contributed by atoms with van der Waals surface area (Å²) in [5.41, 5.74) is 1.32. The number of nitrogens with one attached hydrogen (secondary N) is 1. The molecule has 3 nitrogen and oxygen atoms in total. The molecule has 1 aromatic rings. The molecule has 1 rings (SSSR count). The molecule has 0 heterocycles. The molecule has 1 N–H and O–H groups in total. The molecule has 0 spiro atoms. The first kappa shape index (κ1) is 12.6. The van der Waals surface area contributed by atoms with E-state index in [0.29, 0.717) is 18.7 Å². The van der Waals surface area contributed by atoms with Crippen molar-refractivity contribution in [1.82, 2.24) is 5.32 Å². The molecule has 1 atom stereocenters. The molecule has 0 saturated carbocycles. The van der Waals surface area contributed by atoms with Gasteiger partial charge in [-0.1, -0.05) is 17.7 Å². The van der Waals surface area contributed by atoms with Gasteiger partial charge in [0, 0.05) is 19.2 Å². The highest BCUT2D eigenvalue weighted by Crippen LogP contribution is 2.17. The highest BCUT2D eigenvalue weighted by molar-refractivity contribution is 5.30. The first-order valence-corrected chi connectivity index (χ1v) is 5.07. The van der Waals surface area contributed by atoms with Crippen LogP contribution in [0.1, 0.15) is 17.2 Å². The van der Waals surface area contributed by atoms with E-state index in [1.807, 2.05) is 13.0 Å². The van der Waals surface area contributed by atoms with Crippen LogP contribution in [0.4, 0.5) is 4.39 Å². The van der Waals surface area contributed by atoms with E-state index in [-0.39, 0.29) is 5.82 Å². The Labute approximate surface area is 94.8 Å². The number of ether oxygens (including phenoxy) is 1. The van der Waals surface area contributed by atoms with Crippen molar-refractivity contribution in [3.8, 4) is 6.07 Å². The number of nitrogens with zero attached hydrogens (tertiary/aromatic N) is 1. The molecular formula is C12H15FN2O. The zero-order valence-corrected chi connectivity index (χ0v) is 9.46. The summed E-state index contributed by atoms with van der Waals surface area (Å²) in [6, 6.07) is 6.16. The lowest BCUT2D eigenvalue weighted by molar-refractivity contribution is 0.197. The fourth-order valence-corrected chi connectivity index (χ4v) is 1.41. The first-order chi connectivity index (χ1) is 7.69. The molecule has 1 aromatic carbocycles. The number of halogens is 1. The van der Waals surface area contributed by atoms with Crippen molar-refractivity contribution < 1.29 is 9.13 Å². The van der Waals surface area contributed by atoms with Crippen LogP contribution in [0.3, 0.4) is 0 Å². The summed E-state index contributed by atoms with van der Waals surface area (Å²) in [6.45, 7) is 2.88. The van der Waals surface area contributed by atoms with E-state index in [4.69, 9.17) is 10.00 Å². The molecule has 1 unspecified atom stereocenters. The van der Waals surface area contributed by atoms with E-state index in [2.05, 4.69) is 5.32 Å². The Kier molecular flexibility index (Phi) is 4.90. The molecule has 0 aliphatic rings. The number of rotatable bonds is 5. The van der Waals surface area contributed by atoms with Gasteiger partial charge in [-0.2, -0.15) is 5.26 Å². The van der Waals surface area contributed by atoms with Gasteiger partial charge in [0.2, 0.25) is 0 Å². The maximum Gasteiger partial charge on any atom is 0.129 e. The second-order valence-electron chi connectivity index (χ2n) is 3.53. The summed E-state index contributed by atoms with van der Waals surface area (Å²) in [5.74, 6) is -0.359. The summed E-state index contributed by atoms with van der Waals surface area (Å²) < 4.78 is 18.4. The minimum atomic E-state index is -0.630. The summed E-state index contributed by atoms with van der Waals surface area (Å²) in [6.07, 6.45) is 0. The smallest absolute Gasteiger partial charge is 0.129 e. The van der Waals surface area contributed by atoms with E-state index >= 15 is 0 Å². The average molecular weight is 222 g/mol. The predicted molar refractivity (Wildman–Crippen MR) is 59.4 cm³/mol. The molecule has 16 heavy (non-hydrogen) atoms. The van der Waals surface area contributed by atoms with Crippen LogP contribution in [0.25, 0.3) is 0 Å². The van der Waals surface area contributed by atoms with Gasteiger partial charge in [0.15, 0.2) is 0 Å². The van der Waals surface area contributed by atoms with E-state index in [0.717, 1.165) is 5.56 Å². The molecule has 0 radical (unpaired) electrons. The van der Waals surface area contributed by atoms with Crippen molar-refractivity contribution in [2.75, 3.05) is 20.3 Å². The van der Waals surface area contributed by atoms with Gasteiger partial charge in [-0.15, -0.1) is 0 Å². The zero-order valence-electron chi connectivity index (χ0n) is 9.46. The van der Waals surface area contributed by atoms with Crippen LogP contribution < -0.4 is 5.32 Å². The van der Waals surface area contributed by atoms with Gasteiger partial charge in [-0.05, 0) is 13.0 Å². The Bertz CT molecular complexity index is 387. The van der Waals surface area contributed by atoms with Gasteiger partial charge in [0.05, 0.1) is 12.7 Å². The average Bonchev–Trinajstić information content (AvgIpc) is 2.28. The summed E-state index contributed by atoms with van der Waals surface area (Å²) in [4.78, 5) is 0. The van der Waals surface area contributed by atoms with Crippen LogP contribution in [-0.4, -0.2) is 20.3 Å². The maximum atomic E-state index is 13.5. The van der Waals surface area contributed by atoms with Crippen molar-refractivity contribution in [2.24, 2.45) is 0 Å². The Hall–Kier alpha value is -1.44. The first-order valence-electron chi connectivity index (χ1n) is 5.07. The lowest BCUT2D eigenvalue weighted by Crippen LogP contribution is -2.24. The Morgan fingerprint density at radius 2 is 2.31 bits per heavy atom. The highest BCUT2D eigenvalue weighted by Gasteiger charge is 2.14. The number of hydrogen-bond donors (Lipinski definition) is 1. The van der Waals surface area contributed by atoms with Crippen molar-refractivity contribution in [2.45, 2.75) is 13.0 Å². The molecule has 0 amide bonds. The molecule has 0 bridgehead atoms. The second-order valence-corrected chi connectivity index (χ2v) is 3.53. The van der Waals surface area contributed by atoms with E-state index in [1.165, 1.54) is 6.07 Å². The Morgan fingerprint density at radius 3 is 2.94 bits per heavy atom. The number of benzene rings is 1. The van der Waals surface area contributed by atoms with E-state index in [9.17, 15) is 4.39 Å². The minimum absolute atomic E-state index is 0.359. The van der Waals surface area contributed by atoms with Crippen LogP contribution in [0, 0.1) is 24.1 Å². The molecule has 0 aliphatic carbocycles. The van der Waals surface area contributed by atoms with Crippen molar-refractivity contribution in [3.05, 3.63) is 35.1 Å². The summed E-state index contributed by atoms with van der Waals surface area (Å²) >= 11 is 0. The third kappa shape index (κ3) is 3.30. The topological polar surface area (TPSA) is 45.0 Å². The number of methoxy groups -OCH3 is 1. The van der Waals surface area contributed by atoms with E-state index < -0.39 is 6.04 Å². The van der Waals surface area contributed by atoms with Crippen molar-refractivity contribution >= 4 is 0 Å². The number of hydrogen-bond acceptors (Lipinski definition) is 3. The van der Waals surface area contributed by atoms with Crippen molar-refractivity contribution in [3.63, 3.8) is 0 Å². The van der Waals surface area contributed by atoms with Gasteiger partial charge in [0.1, 0.15) is 11.9 Å². The third-order valence-corrected chi connectivity index (χ3v) is 2.25. The van der Waals surface area contributed by atoms with Crippen LogP contribution >= 0.6 is 0 Å². The van der Waals surface area contributed by atoms with E-state index in [1.54, 1.807) is 19.2 Å². The van der Waals surface area contributed by atoms with Gasteiger partial charge >= 0.3 is 0 Å². The standard InChI is InChI=1S/C12H15FN2O/c1-9-3-4-11(13)10(7-9)12(8-14)15-5-6-16-2/h3-4,7,12,15H,5-6H2,1-2H3. The summed E-state index contributed by atoms with van der Waals surface area (Å²) in [7, 11) is 1.58.